The van der Waals surface area contributed by atoms with E-state index in [4.69, 9.17) is 0 Å². The van der Waals surface area contributed by atoms with Crippen LogP contribution in [-0.4, -0.2) is 50.5 Å². The highest BCUT2D eigenvalue weighted by Gasteiger charge is 2.33. The zero-order valence-electron chi connectivity index (χ0n) is 21.8. The predicted octanol–water partition coefficient (Wildman–Crippen LogP) is 3.85. The molecule has 0 saturated carbocycles. The minimum Gasteiger partial charge on any atom is -0.355 e. The quantitative estimate of drug-likeness (QED) is 0.415. The molecule has 0 heterocycles. The Hall–Kier alpha value is -3.65. The van der Waals surface area contributed by atoms with Crippen molar-refractivity contribution in [3.8, 4) is 0 Å². The molecule has 3 aromatic carbocycles. The van der Waals surface area contributed by atoms with E-state index >= 15 is 0 Å². The Kier molecular flexibility index (Phi) is 9.47. The number of aryl methyl sites for hydroxylation is 2. The van der Waals surface area contributed by atoms with E-state index in [1.54, 1.807) is 6.07 Å². The zero-order chi connectivity index (χ0) is 27.0. The summed E-state index contributed by atoms with van der Waals surface area (Å²) in [5.41, 5.74) is 3.93. The molecule has 0 unspecified atom stereocenters. The molecule has 0 aliphatic carbocycles. The van der Waals surface area contributed by atoms with Crippen molar-refractivity contribution in [3.63, 3.8) is 0 Å². The second kappa shape index (κ2) is 12.5. The normalized spacial score (nSPS) is 12.0. The zero-order valence-corrected chi connectivity index (χ0v) is 22.7. The van der Waals surface area contributed by atoms with E-state index in [-0.39, 0.29) is 12.5 Å². The molecule has 0 bridgehead atoms. The van der Waals surface area contributed by atoms with Crippen LogP contribution >= 0.6 is 0 Å². The first-order valence-corrected chi connectivity index (χ1v) is 14.1. The van der Waals surface area contributed by atoms with Gasteiger partial charge in [0.2, 0.25) is 21.8 Å². The van der Waals surface area contributed by atoms with E-state index in [1.165, 1.54) is 4.90 Å². The summed E-state index contributed by atoms with van der Waals surface area (Å²) in [4.78, 5) is 28.7. The summed E-state index contributed by atoms with van der Waals surface area (Å²) in [5.74, 6) is -0.741. The number of benzene rings is 3. The Morgan fingerprint density at radius 2 is 1.49 bits per heavy atom. The Labute approximate surface area is 220 Å². The summed E-state index contributed by atoms with van der Waals surface area (Å²) in [6.07, 6.45) is 1.39. The molecule has 1 N–H and O–H groups in total. The van der Waals surface area contributed by atoms with Crippen LogP contribution in [0.1, 0.15) is 29.2 Å². The maximum absolute atomic E-state index is 13.9. The number of hydrogen-bond acceptors (Lipinski definition) is 4. The van der Waals surface area contributed by atoms with E-state index < -0.39 is 28.5 Å². The van der Waals surface area contributed by atoms with Gasteiger partial charge in [0, 0.05) is 19.5 Å². The number of carbonyl (C=O) groups is 2. The van der Waals surface area contributed by atoms with Gasteiger partial charge in [-0.1, -0.05) is 78.4 Å². The molecular formula is C29H35N3O4S. The Bertz CT molecular complexity index is 1310. The van der Waals surface area contributed by atoms with Gasteiger partial charge in [-0.25, -0.2) is 8.42 Å². The highest BCUT2D eigenvalue weighted by atomic mass is 32.2. The van der Waals surface area contributed by atoms with Gasteiger partial charge in [0.05, 0.1) is 11.9 Å². The van der Waals surface area contributed by atoms with Gasteiger partial charge >= 0.3 is 0 Å². The van der Waals surface area contributed by atoms with Crippen LogP contribution in [0, 0.1) is 13.8 Å². The van der Waals surface area contributed by atoms with Gasteiger partial charge in [-0.2, -0.15) is 0 Å². The molecule has 1 atom stereocenters. The van der Waals surface area contributed by atoms with Crippen molar-refractivity contribution < 1.29 is 18.0 Å². The lowest BCUT2D eigenvalue weighted by Gasteiger charge is -2.33. The third kappa shape index (κ3) is 7.67. The van der Waals surface area contributed by atoms with Crippen molar-refractivity contribution >= 4 is 27.5 Å². The molecule has 7 nitrogen and oxygen atoms in total. The number of hydrogen-bond donors (Lipinski definition) is 1. The minimum absolute atomic E-state index is 0.165. The summed E-state index contributed by atoms with van der Waals surface area (Å²) < 4.78 is 26.8. The maximum Gasteiger partial charge on any atom is 0.244 e. The summed E-state index contributed by atoms with van der Waals surface area (Å²) in [6.45, 7) is 5.73. The highest BCUT2D eigenvalue weighted by Crippen LogP contribution is 2.24. The van der Waals surface area contributed by atoms with E-state index in [9.17, 15) is 18.0 Å². The molecule has 8 heteroatoms. The van der Waals surface area contributed by atoms with Crippen molar-refractivity contribution in [1.29, 1.82) is 0 Å². The first-order chi connectivity index (χ1) is 17.6. The Morgan fingerprint density at radius 1 is 0.892 bits per heavy atom. The van der Waals surface area contributed by atoms with Gasteiger partial charge in [-0.3, -0.25) is 13.9 Å². The molecular weight excluding hydrogens is 486 g/mol. The van der Waals surface area contributed by atoms with Gasteiger partial charge in [-0.15, -0.1) is 0 Å². The number of rotatable bonds is 11. The third-order valence-electron chi connectivity index (χ3n) is 6.12. The smallest absolute Gasteiger partial charge is 0.244 e. The number of amides is 2. The molecule has 37 heavy (non-hydrogen) atoms. The number of likely N-dealkylation sites (N-methyl/N-ethyl adjacent to an activating group) is 1. The second-order valence-electron chi connectivity index (χ2n) is 9.17. The molecule has 196 valence electrons. The Morgan fingerprint density at radius 3 is 2.03 bits per heavy atom. The van der Waals surface area contributed by atoms with Gasteiger partial charge < -0.3 is 10.2 Å². The van der Waals surface area contributed by atoms with Gasteiger partial charge in [0.1, 0.15) is 12.6 Å². The molecule has 3 rings (SSSR count). The fourth-order valence-electron chi connectivity index (χ4n) is 4.31. The van der Waals surface area contributed by atoms with Crippen molar-refractivity contribution in [2.24, 2.45) is 0 Å². The average molecular weight is 522 g/mol. The fraction of sp³-hybridized carbons (Fsp3) is 0.310. The van der Waals surface area contributed by atoms with Crippen LogP contribution in [0.25, 0.3) is 0 Å². The van der Waals surface area contributed by atoms with Crippen LogP contribution < -0.4 is 9.62 Å². The molecule has 2 amide bonds. The topological polar surface area (TPSA) is 86.8 Å². The molecule has 0 saturated heterocycles. The number of carbonyl (C=O) groups excluding carboxylic acids is 2. The summed E-state index contributed by atoms with van der Waals surface area (Å²) in [6, 6.07) is 23.5. The van der Waals surface area contributed by atoms with Crippen LogP contribution in [0.15, 0.2) is 78.9 Å². The molecule has 0 fully saturated rings. The van der Waals surface area contributed by atoms with Crippen LogP contribution in [0.3, 0.4) is 0 Å². The molecule has 0 aromatic heterocycles. The number of nitrogens with one attached hydrogen (secondary N) is 1. The SMILES string of the molecule is CCNC(=O)[C@@H](Cc1ccccc1)N(Cc1ccccc1)C(=O)CN(c1ccc(C)cc1C)S(C)(=O)=O. The van der Waals surface area contributed by atoms with E-state index in [0.29, 0.717) is 18.7 Å². The van der Waals surface area contributed by atoms with Gasteiger partial charge in [0.15, 0.2) is 0 Å². The number of anilines is 1. The first-order valence-electron chi connectivity index (χ1n) is 12.3. The number of nitrogens with zero attached hydrogens (tertiary/aromatic N) is 2. The summed E-state index contributed by atoms with van der Waals surface area (Å²) >= 11 is 0. The fourth-order valence-corrected chi connectivity index (χ4v) is 5.21. The van der Waals surface area contributed by atoms with Crippen molar-refractivity contribution in [1.82, 2.24) is 10.2 Å². The lowest BCUT2D eigenvalue weighted by molar-refractivity contribution is -0.140. The predicted molar refractivity (Wildman–Crippen MR) is 148 cm³/mol. The second-order valence-corrected chi connectivity index (χ2v) is 11.1. The van der Waals surface area contributed by atoms with Crippen LogP contribution in [0.2, 0.25) is 0 Å². The molecule has 0 spiro atoms. The Balaban J connectivity index is 2.04. The van der Waals surface area contributed by atoms with Crippen LogP contribution in [-0.2, 0) is 32.6 Å². The lowest BCUT2D eigenvalue weighted by Crippen LogP contribution is -2.53. The van der Waals surface area contributed by atoms with Gasteiger partial charge in [-0.05, 0) is 43.5 Å². The average Bonchev–Trinajstić information content (AvgIpc) is 2.86. The molecule has 0 radical (unpaired) electrons. The van der Waals surface area contributed by atoms with E-state index in [1.807, 2.05) is 93.6 Å². The highest BCUT2D eigenvalue weighted by molar-refractivity contribution is 7.92. The van der Waals surface area contributed by atoms with Crippen molar-refractivity contribution in [2.45, 2.75) is 39.8 Å². The van der Waals surface area contributed by atoms with E-state index in [0.717, 1.165) is 32.8 Å². The van der Waals surface area contributed by atoms with Crippen LogP contribution in [0.4, 0.5) is 5.69 Å². The molecule has 0 aliphatic rings. The number of sulfonamides is 1. The van der Waals surface area contributed by atoms with Gasteiger partial charge in [0.25, 0.3) is 0 Å². The van der Waals surface area contributed by atoms with Crippen LogP contribution in [0.5, 0.6) is 0 Å². The monoisotopic (exact) mass is 521 g/mol. The third-order valence-corrected chi connectivity index (χ3v) is 7.24. The van der Waals surface area contributed by atoms with Crippen molar-refractivity contribution in [3.05, 3.63) is 101 Å². The first kappa shape index (κ1) is 27.9. The minimum atomic E-state index is -3.78. The van der Waals surface area contributed by atoms with Crippen molar-refractivity contribution in [2.75, 3.05) is 23.7 Å². The standard InChI is InChI=1S/C29H35N3O4S/c1-5-30-29(34)27(19-24-12-8-6-9-13-24)31(20-25-14-10-7-11-15-25)28(33)21-32(37(4,35)36)26-17-16-22(2)18-23(26)3/h6-18,27H,5,19-21H2,1-4H3,(H,30,34)/t27-/m1/s1. The largest absolute Gasteiger partial charge is 0.355 e. The lowest BCUT2D eigenvalue weighted by atomic mass is 10.0. The molecule has 3 aromatic rings. The summed E-state index contributed by atoms with van der Waals surface area (Å²) in [7, 11) is -3.78. The molecule has 0 aliphatic heterocycles. The van der Waals surface area contributed by atoms with E-state index in [2.05, 4.69) is 5.32 Å². The maximum atomic E-state index is 13.9. The summed E-state index contributed by atoms with van der Waals surface area (Å²) in [5, 5.41) is 2.85.